The molecule has 2 N–H and O–H groups in total. The second-order valence-corrected chi connectivity index (χ2v) is 2.72. The van der Waals surface area contributed by atoms with Gasteiger partial charge in [0.1, 0.15) is 0 Å². The molecule has 0 aromatic carbocycles. The van der Waals surface area contributed by atoms with E-state index in [0.29, 0.717) is 6.54 Å². The molecule has 1 aliphatic rings. The van der Waals surface area contributed by atoms with Crippen molar-refractivity contribution in [1.29, 1.82) is 0 Å². The van der Waals surface area contributed by atoms with Gasteiger partial charge in [-0.2, -0.15) is 0 Å². The quantitative estimate of drug-likeness (QED) is 0.609. The molecule has 1 aliphatic heterocycles. The molecule has 0 radical (unpaired) electrons. The van der Waals surface area contributed by atoms with Crippen LogP contribution in [0.4, 0.5) is 4.79 Å². The van der Waals surface area contributed by atoms with Crippen LogP contribution in [0.5, 0.6) is 0 Å². The largest absolute Gasteiger partial charge is 0.465 e. The van der Waals surface area contributed by atoms with Crippen LogP contribution in [0.1, 0.15) is 13.3 Å². The maximum atomic E-state index is 10.6. The number of carboxylic acid groups (broad SMARTS) is 1. The van der Waals surface area contributed by atoms with E-state index in [1.54, 1.807) is 0 Å². The Balaban J connectivity index is 2.46. The minimum atomic E-state index is -0.804. The predicted molar refractivity (Wildman–Crippen MR) is 41.7 cm³/mol. The van der Waals surface area contributed by atoms with Gasteiger partial charge in [-0.3, -0.25) is 0 Å². The minimum absolute atomic E-state index is 0.192. The van der Waals surface area contributed by atoms with Gasteiger partial charge < -0.3 is 15.3 Å². The molecule has 0 saturated carbocycles. The first-order chi connectivity index (χ1) is 5.25. The van der Waals surface area contributed by atoms with Crippen LogP contribution in [0.3, 0.4) is 0 Å². The lowest BCUT2D eigenvalue weighted by Crippen LogP contribution is -2.40. The molecule has 4 nitrogen and oxygen atoms in total. The Morgan fingerprint density at radius 3 is 2.91 bits per heavy atom. The summed E-state index contributed by atoms with van der Waals surface area (Å²) in [7, 11) is 0. The van der Waals surface area contributed by atoms with Crippen molar-refractivity contribution in [3.63, 3.8) is 0 Å². The molecule has 1 rings (SSSR count). The summed E-state index contributed by atoms with van der Waals surface area (Å²) in [5.74, 6) is 0. The lowest BCUT2D eigenvalue weighted by Gasteiger charge is -2.23. The first-order valence-corrected chi connectivity index (χ1v) is 3.96. The van der Waals surface area contributed by atoms with Crippen LogP contribution < -0.4 is 5.32 Å². The molecule has 64 valence electrons. The van der Waals surface area contributed by atoms with Crippen molar-refractivity contribution < 1.29 is 9.90 Å². The normalized spacial score (nSPS) is 23.5. The maximum absolute atomic E-state index is 10.6. The number of amides is 1. The van der Waals surface area contributed by atoms with E-state index in [-0.39, 0.29) is 6.04 Å². The summed E-state index contributed by atoms with van der Waals surface area (Å²) in [6, 6.07) is 0.192. The van der Waals surface area contributed by atoms with E-state index >= 15 is 0 Å². The van der Waals surface area contributed by atoms with Crippen molar-refractivity contribution in [2.24, 2.45) is 0 Å². The SMILES string of the molecule is CCN(C(=O)O)C1CCNC1. The van der Waals surface area contributed by atoms with Crippen LogP contribution in [0.25, 0.3) is 0 Å². The predicted octanol–water partition coefficient (Wildman–Crippen LogP) is 0.348. The Bertz CT molecular complexity index is 143. The number of likely N-dealkylation sites (N-methyl/N-ethyl adjacent to an activating group) is 1. The molecule has 1 fully saturated rings. The molecule has 4 heteroatoms. The molecule has 1 atom stereocenters. The first kappa shape index (κ1) is 8.33. The highest BCUT2D eigenvalue weighted by atomic mass is 16.4. The lowest BCUT2D eigenvalue weighted by atomic mass is 10.2. The number of nitrogens with one attached hydrogen (secondary N) is 1. The standard InChI is InChI=1S/C7H14N2O2/c1-2-9(7(10)11)6-3-4-8-5-6/h6,8H,2-5H2,1H3,(H,10,11). The Hall–Kier alpha value is -0.770. The van der Waals surface area contributed by atoms with E-state index in [2.05, 4.69) is 5.32 Å². The van der Waals surface area contributed by atoms with Gasteiger partial charge in [-0.05, 0) is 19.9 Å². The van der Waals surface area contributed by atoms with Crippen LogP contribution >= 0.6 is 0 Å². The topological polar surface area (TPSA) is 52.6 Å². The third-order valence-electron chi connectivity index (χ3n) is 2.06. The Kier molecular flexibility index (Phi) is 2.70. The van der Waals surface area contributed by atoms with Crippen LogP contribution in [0.15, 0.2) is 0 Å². The Labute approximate surface area is 66.2 Å². The third-order valence-corrected chi connectivity index (χ3v) is 2.06. The molecule has 1 amide bonds. The number of hydrogen-bond donors (Lipinski definition) is 2. The van der Waals surface area contributed by atoms with Crippen molar-refractivity contribution in [3.8, 4) is 0 Å². The zero-order valence-corrected chi connectivity index (χ0v) is 6.71. The van der Waals surface area contributed by atoms with Crippen LogP contribution in [-0.2, 0) is 0 Å². The Morgan fingerprint density at radius 2 is 2.55 bits per heavy atom. The smallest absolute Gasteiger partial charge is 0.407 e. The number of carbonyl (C=O) groups is 1. The highest BCUT2D eigenvalue weighted by Crippen LogP contribution is 2.07. The zero-order chi connectivity index (χ0) is 8.27. The van der Waals surface area contributed by atoms with Gasteiger partial charge in [-0.1, -0.05) is 0 Å². The van der Waals surface area contributed by atoms with Crippen molar-refractivity contribution in [2.75, 3.05) is 19.6 Å². The first-order valence-electron chi connectivity index (χ1n) is 3.96. The van der Waals surface area contributed by atoms with Gasteiger partial charge >= 0.3 is 6.09 Å². The van der Waals surface area contributed by atoms with Gasteiger partial charge in [0, 0.05) is 19.1 Å². The van der Waals surface area contributed by atoms with Gasteiger partial charge in [0.05, 0.1) is 0 Å². The van der Waals surface area contributed by atoms with Gasteiger partial charge in [0.2, 0.25) is 0 Å². The molecule has 11 heavy (non-hydrogen) atoms. The van der Waals surface area contributed by atoms with Gasteiger partial charge in [-0.25, -0.2) is 4.79 Å². The van der Waals surface area contributed by atoms with Crippen molar-refractivity contribution in [2.45, 2.75) is 19.4 Å². The fourth-order valence-corrected chi connectivity index (χ4v) is 1.46. The number of rotatable bonds is 2. The van der Waals surface area contributed by atoms with Gasteiger partial charge in [-0.15, -0.1) is 0 Å². The molecular weight excluding hydrogens is 144 g/mol. The summed E-state index contributed by atoms with van der Waals surface area (Å²) < 4.78 is 0. The van der Waals surface area contributed by atoms with E-state index in [1.165, 1.54) is 4.90 Å². The highest BCUT2D eigenvalue weighted by Gasteiger charge is 2.24. The lowest BCUT2D eigenvalue weighted by molar-refractivity contribution is 0.131. The molecule has 0 bridgehead atoms. The highest BCUT2D eigenvalue weighted by molar-refractivity contribution is 5.65. The Morgan fingerprint density at radius 1 is 1.82 bits per heavy atom. The maximum Gasteiger partial charge on any atom is 0.407 e. The average Bonchev–Trinajstić information content (AvgIpc) is 2.40. The minimum Gasteiger partial charge on any atom is -0.465 e. The molecule has 1 unspecified atom stereocenters. The molecule has 1 saturated heterocycles. The third kappa shape index (κ3) is 1.83. The van der Waals surface area contributed by atoms with E-state index in [1.807, 2.05) is 6.92 Å². The van der Waals surface area contributed by atoms with E-state index in [9.17, 15) is 4.79 Å². The van der Waals surface area contributed by atoms with Crippen LogP contribution in [-0.4, -0.2) is 41.8 Å². The van der Waals surface area contributed by atoms with E-state index in [4.69, 9.17) is 5.11 Å². The second-order valence-electron chi connectivity index (χ2n) is 2.72. The monoisotopic (exact) mass is 158 g/mol. The van der Waals surface area contributed by atoms with Crippen LogP contribution in [0, 0.1) is 0 Å². The molecule has 1 heterocycles. The van der Waals surface area contributed by atoms with E-state index < -0.39 is 6.09 Å². The average molecular weight is 158 g/mol. The van der Waals surface area contributed by atoms with E-state index in [0.717, 1.165) is 19.5 Å². The summed E-state index contributed by atoms with van der Waals surface area (Å²) in [6.07, 6.45) is 0.140. The number of hydrogen-bond acceptors (Lipinski definition) is 2. The molecule has 0 spiro atoms. The molecule has 0 aromatic rings. The summed E-state index contributed by atoms with van der Waals surface area (Å²) in [6.45, 7) is 4.20. The van der Waals surface area contributed by atoms with Crippen molar-refractivity contribution in [3.05, 3.63) is 0 Å². The molecule has 0 aromatic heterocycles. The molecule has 0 aliphatic carbocycles. The summed E-state index contributed by atoms with van der Waals surface area (Å²) in [5.41, 5.74) is 0. The fourth-order valence-electron chi connectivity index (χ4n) is 1.46. The van der Waals surface area contributed by atoms with Crippen molar-refractivity contribution >= 4 is 6.09 Å². The van der Waals surface area contributed by atoms with Crippen LogP contribution in [0.2, 0.25) is 0 Å². The summed E-state index contributed by atoms with van der Waals surface area (Å²) >= 11 is 0. The fraction of sp³-hybridized carbons (Fsp3) is 0.857. The summed E-state index contributed by atoms with van der Waals surface area (Å²) in [5, 5.41) is 11.9. The molecular formula is C7H14N2O2. The van der Waals surface area contributed by atoms with Gasteiger partial charge in [0.15, 0.2) is 0 Å². The second kappa shape index (κ2) is 3.57. The summed E-state index contributed by atoms with van der Waals surface area (Å²) in [4.78, 5) is 12.1. The van der Waals surface area contributed by atoms with Gasteiger partial charge in [0.25, 0.3) is 0 Å². The zero-order valence-electron chi connectivity index (χ0n) is 6.71. The van der Waals surface area contributed by atoms with Crippen molar-refractivity contribution in [1.82, 2.24) is 10.2 Å². The number of nitrogens with zero attached hydrogens (tertiary/aromatic N) is 1.